The predicted octanol–water partition coefficient (Wildman–Crippen LogP) is 1.65. The predicted molar refractivity (Wildman–Crippen MR) is 105 cm³/mol. The van der Waals surface area contributed by atoms with Gasteiger partial charge in [0.25, 0.3) is 5.91 Å². The summed E-state index contributed by atoms with van der Waals surface area (Å²) in [6.45, 7) is 3.63. The molecule has 27 heavy (non-hydrogen) atoms. The van der Waals surface area contributed by atoms with Crippen LogP contribution in [0.3, 0.4) is 0 Å². The van der Waals surface area contributed by atoms with Gasteiger partial charge in [-0.3, -0.25) is 9.78 Å². The van der Waals surface area contributed by atoms with Crippen molar-refractivity contribution in [2.75, 3.05) is 43.4 Å². The van der Waals surface area contributed by atoms with Crippen LogP contribution < -0.4 is 20.9 Å². The van der Waals surface area contributed by atoms with Crippen molar-refractivity contribution in [1.82, 2.24) is 25.6 Å². The molecule has 1 aliphatic carbocycles. The van der Waals surface area contributed by atoms with Gasteiger partial charge in [0, 0.05) is 44.5 Å². The number of aromatic nitrogens is 3. The largest absolute Gasteiger partial charge is 0.355 e. The van der Waals surface area contributed by atoms with E-state index in [4.69, 9.17) is 0 Å². The maximum absolute atomic E-state index is 12.2. The fraction of sp³-hybridized carbons (Fsp3) is 0.474. The fourth-order valence-corrected chi connectivity index (χ4v) is 3.20. The van der Waals surface area contributed by atoms with E-state index in [0.717, 1.165) is 44.0 Å². The summed E-state index contributed by atoms with van der Waals surface area (Å²) < 4.78 is 0. The molecule has 8 heteroatoms. The van der Waals surface area contributed by atoms with Gasteiger partial charge >= 0.3 is 0 Å². The summed E-state index contributed by atoms with van der Waals surface area (Å²) in [5, 5.41) is 9.28. The summed E-state index contributed by atoms with van der Waals surface area (Å²) in [5.74, 6) is 1.53. The highest BCUT2D eigenvalue weighted by Crippen LogP contribution is 2.39. The van der Waals surface area contributed by atoms with E-state index in [1.807, 2.05) is 12.1 Å². The Kier molecular flexibility index (Phi) is 5.15. The molecule has 2 aromatic heterocycles. The standard InChI is InChI=1S/C19H25N7O/c1-20-18(27)15-12-23-19(26-9-2-7-21-8-10-26)25-17(15)24-14-5-6-16(22-11-14)13-3-4-13/h5-6,11-13,21H,2-4,7-10H2,1H3,(H,20,27)(H,23,24,25). The number of pyridine rings is 1. The maximum atomic E-state index is 12.2. The number of rotatable bonds is 5. The lowest BCUT2D eigenvalue weighted by Crippen LogP contribution is -2.30. The van der Waals surface area contributed by atoms with Gasteiger partial charge in [-0.15, -0.1) is 0 Å². The summed E-state index contributed by atoms with van der Waals surface area (Å²) in [6, 6.07) is 4.04. The van der Waals surface area contributed by atoms with Crippen molar-refractivity contribution in [3.63, 3.8) is 0 Å². The fourth-order valence-electron chi connectivity index (χ4n) is 3.20. The van der Waals surface area contributed by atoms with E-state index in [1.54, 1.807) is 19.4 Å². The zero-order valence-corrected chi connectivity index (χ0v) is 15.5. The van der Waals surface area contributed by atoms with Crippen LogP contribution in [0, 0.1) is 0 Å². The third-order valence-corrected chi connectivity index (χ3v) is 4.92. The topological polar surface area (TPSA) is 95.1 Å². The second-order valence-corrected chi connectivity index (χ2v) is 6.97. The smallest absolute Gasteiger partial charge is 0.256 e. The van der Waals surface area contributed by atoms with Crippen molar-refractivity contribution < 1.29 is 4.79 Å². The van der Waals surface area contributed by atoms with Crippen molar-refractivity contribution >= 4 is 23.4 Å². The first-order valence-electron chi connectivity index (χ1n) is 9.52. The van der Waals surface area contributed by atoms with Gasteiger partial charge in [-0.25, -0.2) is 4.98 Å². The highest BCUT2D eigenvalue weighted by atomic mass is 16.1. The number of nitrogens with one attached hydrogen (secondary N) is 3. The molecule has 3 N–H and O–H groups in total. The van der Waals surface area contributed by atoms with Crippen LogP contribution in [0.5, 0.6) is 0 Å². The van der Waals surface area contributed by atoms with Gasteiger partial charge < -0.3 is 20.9 Å². The second kappa shape index (κ2) is 7.87. The van der Waals surface area contributed by atoms with Gasteiger partial charge in [-0.2, -0.15) is 4.98 Å². The third kappa shape index (κ3) is 4.16. The molecule has 0 unspecified atom stereocenters. The van der Waals surface area contributed by atoms with Crippen LogP contribution in [0.4, 0.5) is 17.5 Å². The Morgan fingerprint density at radius 1 is 1.19 bits per heavy atom. The molecule has 8 nitrogen and oxygen atoms in total. The number of carbonyl (C=O) groups excluding carboxylic acids is 1. The molecule has 0 spiro atoms. The number of carbonyl (C=O) groups is 1. The van der Waals surface area contributed by atoms with E-state index >= 15 is 0 Å². The minimum atomic E-state index is -0.218. The molecule has 142 valence electrons. The third-order valence-electron chi connectivity index (χ3n) is 4.92. The van der Waals surface area contributed by atoms with Crippen molar-refractivity contribution in [2.45, 2.75) is 25.2 Å². The van der Waals surface area contributed by atoms with Crippen LogP contribution in [0.15, 0.2) is 24.5 Å². The molecule has 1 saturated carbocycles. The summed E-state index contributed by atoms with van der Waals surface area (Å²) in [7, 11) is 1.60. The van der Waals surface area contributed by atoms with E-state index in [0.29, 0.717) is 23.2 Å². The molecular weight excluding hydrogens is 342 g/mol. The highest BCUT2D eigenvalue weighted by molar-refractivity contribution is 5.99. The molecule has 1 aliphatic heterocycles. The average Bonchev–Trinajstić information content (AvgIpc) is 3.55. The Labute approximate surface area is 158 Å². The Hall–Kier alpha value is -2.74. The molecule has 0 atom stereocenters. The molecule has 2 aliphatic rings. The highest BCUT2D eigenvalue weighted by Gasteiger charge is 2.24. The van der Waals surface area contributed by atoms with E-state index in [-0.39, 0.29) is 5.91 Å². The molecule has 2 aromatic rings. The Bertz CT molecular complexity index is 796. The molecule has 3 heterocycles. The molecule has 2 fully saturated rings. The normalized spacial score (nSPS) is 17.3. The SMILES string of the molecule is CNC(=O)c1cnc(N2CCCNCC2)nc1Nc1ccc(C2CC2)nc1. The number of hydrogen-bond donors (Lipinski definition) is 3. The van der Waals surface area contributed by atoms with Crippen LogP contribution in [-0.4, -0.2) is 54.1 Å². The molecule has 4 rings (SSSR count). The first-order chi connectivity index (χ1) is 13.2. The van der Waals surface area contributed by atoms with Crippen LogP contribution in [0.1, 0.15) is 41.2 Å². The number of amides is 1. The Balaban J connectivity index is 1.60. The lowest BCUT2D eigenvalue weighted by atomic mass is 10.2. The van der Waals surface area contributed by atoms with Crippen LogP contribution in [0.25, 0.3) is 0 Å². The number of anilines is 3. The molecule has 1 saturated heterocycles. The zero-order chi connectivity index (χ0) is 18.6. The lowest BCUT2D eigenvalue weighted by molar-refractivity contribution is 0.0963. The zero-order valence-electron chi connectivity index (χ0n) is 15.5. The summed E-state index contributed by atoms with van der Waals surface area (Å²) >= 11 is 0. The minimum Gasteiger partial charge on any atom is -0.355 e. The number of nitrogens with zero attached hydrogens (tertiary/aromatic N) is 4. The summed E-state index contributed by atoms with van der Waals surface area (Å²) in [6.07, 6.45) is 6.88. The van der Waals surface area contributed by atoms with Gasteiger partial charge in [0.05, 0.1) is 11.9 Å². The van der Waals surface area contributed by atoms with E-state index < -0.39 is 0 Å². The Morgan fingerprint density at radius 3 is 2.81 bits per heavy atom. The minimum absolute atomic E-state index is 0.218. The second-order valence-electron chi connectivity index (χ2n) is 6.97. The molecule has 0 radical (unpaired) electrons. The molecule has 1 amide bonds. The Morgan fingerprint density at radius 2 is 2.07 bits per heavy atom. The number of hydrogen-bond acceptors (Lipinski definition) is 7. The van der Waals surface area contributed by atoms with E-state index in [1.165, 1.54) is 12.8 Å². The van der Waals surface area contributed by atoms with Gasteiger partial charge in [-0.05, 0) is 37.9 Å². The summed E-state index contributed by atoms with van der Waals surface area (Å²) in [4.78, 5) is 28.0. The maximum Gasteiger partial charge on any atom is 0.256 e. The first-order valence-corrected chi connectivity index (χ1v) is 9.52. The van der Waals surface area contributed by atoms with Crippen molar-refractivity contribution in [3.8, 4) is 0 Å². The van der Waals surface area contributed by atoms with Gasteiger partial charge in [-0.1, -0.05) is 0 Å². The van der Waals surface area contributed by atoms with Crippen molar-refractivity contribution in [1.29, 1.82) is 0 Å². The quantitative estimate of drug-likeness (QED) is 0.740. The van der Waals surface area contributed by atoms with Crippen molar-refractivity contribution in [3.05, 3.63) is 35.8 Å². The molecule has 0 bridgehead atoms. The monoisotopic (exact) mass is 367 g/mol. The van der Waals surface area contributed by atoms with Gasteiger partial charge in [0.1, 0.15) is 11.4 Å². The lowest BCUT2D eigenvalue weighted by Gasteiger charge is -2.21. The molecular formula is C19H25N7O. The van der Waals surface area contributed by atoms with Crippen LogP contribution in [0.2, 0.25) is 0 Å². The first kappa shape index (κ1) is 17.7. The summed E-state index contributed by atoms with van der Waals surface area (Å²) in [5.41, 5.74) is 2.36. The van der Waals surface area contributed by atoms with Crippen LogP contribution >= 0.6 is 0 Å². The van der Waals surface area contributed by atoms with Gasteiger partial charge in [0.2, 0.25) is 5.95 Å². The molecule has 0 aromatic carbocycles. The van der Waals surface area contributed by atoms with E-state index in [9.17, 15) is 4.79 Å². The average molecular weight is 367 g/mol. The van der Waals surface area contributed by atoms with Gasteiger partial charge in [0.15, 0.2) is 0 Å². The van der Waals surface area contributed by atoms with E-state index in [2.05, 4.69) is 35.8 Å². The van der Waals surface area contributed by atoms with Crippen molar-refractivity contribution in [2.24, 2.45) is 0 Å². The van der Waals surface area contributed by atoms with Crippen LogP contribution in [-0.2, 0) is 0 Å².